The van der Waals surface area contributed by atoms with E-state index in [0.717, 1.165) is 12.8 Å². The first-order chi connectivity index (χ1) is 7.49. The van der Waals surface area contributed by atoms with Crippen molar-refractivity contribution in [1.29, 1.82) is 0 Å². The van der Waals surface area contributed by atoms with Gasteiger partial charge in [-0.05, 0) is 27.2 Å². The number of carbonyl (C=O) groups excluding carboxylic acids is 1. The minimum absolute atomic E-state index is 0.0246. The number of nitrogens with zero attached hydrogens (tertiary/aromatic N) is 1. The third-order valence-electron chi connectivity index (χ3n) is 2.64. The Hall–Kier alpha value is -0.610. The summed E-state index contributed by atoms with van der Waals surface area (Å²) in [6, 6.07) is 0. The van der Waals surface area contributed by atoms with E-state index in [4.69, 9.17) is 10.5 Å². The molecule has 0 radical (unpaired) electrons. The second-order valence-electron chi connectivity index (χ2n) is 4.25. The predicted molar refractivity (Wildman–Crippen MR) is 66.2 cm³/mol. The maximum atomic E-state index is 12.1. The highest BCUT2D eigenvalue weighted by atomic mass is 16.5. The summed E-state index contributed by atoms with van der Waals surface area (Å²) in [4.78, 5) is 13.9. The Morgan fingerprint density at radius 1 is 1.38 bits per heavy atom. The first kappa shape index (κ1) is 15.4. The van der Waals surface area contributed by atoms with Gasteiger partial charge in [0, 0.05) is 19.7 Å². The molecule has 0 fully saturated rings. The maximum Gasteiger partial charge on any atom is 0.242 e. The first-order valence-corrected chi connectivity index (χ1v) is 6.15. The van der Waals surface area contributed by atoms with Crippen molar-refractivity contribution in [3.8, 4) is 0 Å². The predicted octanol–water partition coefficient (Wildman–Crippen LogP) is 1.39. The lowest BCUT2D eigenvalue weighted by Gasteiger charge is -2.30. The van der Waals surface area contributed by atoms with Gasteiger partial charge in [0.25, 0.3) is 0 Å². The van der Waals surface area contributed by atoms with Crippen LogP contribution in [-0.2, 0) is 9.53 Å². The molecule has 1 amide bonds. The highest BCUT2D eigenvalue weighted by Gasteiger charge is 2.30. The second kappa shape index (κ2) is 7.63. The smallest absolute Gasteiger partial charge is 0.242 e. The number of rotatable bonds is 8. The Morgan fingerprint density at radius 3 is 2.44 bits per heavy atom. The molecular weight excluding hydrogens is 204 g/mol. The van der Waals surface area contributed by atoms with Crippen LogP contribution in [0.4, 0.5) is 0 Å². The van der Waals surface area contributed by atoms with Crippen molar-refractivity contribution in [2.45, 2.75) is 46.1 Å². The van der Waals surface area contributed by atoms with Crippen molar-refractivity contribution in [2.24, 2.45) is 5.73 Å². The molecular formula is C12H26N2O2. The second-order valence-corrected chi connectivity index (χ2v) is 4.25. The summed E-state index contributed by atoms with van der Waals surface area (Å²) in [5.74, 6) is 0.0246. The normalized spacial score (nSPS) is 14.6. The highest BCUT2D eigenvalue weighted by molar-refractivity contribution is 5.85. The lowest BCUT2D eigenvalue weighted by molar-refractivity contribution is -0.137. The molecule has 0 spiro atoms. The Labute approximate surface area is 99.1 Å². The number of carbonyl (C=O) groups is 1. The van der Waals surface area contributed by atoms with Crippen LogP contribution >= 0.6 is 0 Å². The fraction of sp³-hybridized carbons (Fsp3) is 0.917. The molecule has 0 bridgehead atoms. The average molecular weight is 230 g/mol. The molecule has 0 saturated carbocycles. The van der Waals surface area contributed by atoms with E-state index in [1.165, 1.54) is 0 Å². The number of likely N-dealkylation sites (N-methyl/N-ethyl adjacent to an activating group) is 1. The van der Waals surface area contributed by atoms with Crippen LogP contribution in [0.5, 0.6) is 0 Å². The molecule has 0 aliphatic heterocycles. The quantitative estimate of drug-likeness (QED) is 0.641. The van der Waals surface area contributed by atoms with E-state index < -0.39 is 5.54 Å². The molecule has 0 aromatic rings. The molecule has 0 aromatic heterocycles. The van der Waals surface area contributed by atoms with Gasteiger partial charge in [-0.15, -0.1) is 0 Å². The highest BCUT2D eigenvalue weighted by Crippen LogP contribution is 2.12. The van der Waals surface area contributed by atoms with Gasteiger partial charge in [-0.1, -0.05) is 13.3 Å². The van der Waals surface area contributed by atoms with E-state index in [0.29, 0.717) is 26.3 Å². The molecule has 0 aliphatic rings. The van der Waals surface area contributed by atoms with E-state index in [2.05, 4.69) is 0 Å². The molecule has 16 heavy (non-hydrogen) atoms. The van der Waals surface area contributed by atoms with Crippen LogP contribution in [0.25, 0.3) is 0 Å². The molecule has 0 saturated heterocycles. The van der Waals surface area contributed by atoms with E-state index in [1.54, 1.807) is 4.90 Å². The third kappa shape index (κ3) is 4.94. The SMILES string of the molecule is CCCC(C)(N)C(=O)N(CC)CCOCC. The molecule has 4 heteroatoms. The molecule has 96 valence electrons. The monoisotopic (exact) mass is 230 g/mol. The summed E-state index contributed by atoms with van der Waals surface area (Å²) >= 11 is 0. The number of nitrogens with two attached hydrogens (primary N) is 1. The molecule has 1 atom stereocenters. The molecule has 1 unspecified atom stereocenters. The molecule has 0 aliphatic carbocycles. The van der Waals surface area contributed by atoms with Crippen molar-refractivity contribution in [2.75, 3.05) is 26.3 Å². The number of amides is 1. The largest absolute Gasteiger partial charge is 0.380 e. The number of ether oxygens (including phenoxy) is 1. The van der Waals surface area contributed by atoms with Crippen LogP contribution in [0.15, 0.2) is 0 Å². The van der Waals surface area contributed by atoms with Crippen LogP contribution < -0.4 is 5.73 Å². The van der Waals surface area contributed by atoms with Crippen molar-refractivity contribution < 1.29 is 9.53 Å². The van der Waals surface area contributed by atoms with Crippen LogP contribution in [0, 0.1) is 0 Å². The lowest BCUT2D eigenvalue weighted by atomic mass is 9.96. The standard InChI is InChI=1S/C12H26N2O2/c1-5-8-12(4,13)11(15)14(6-2)9-10-16-7-3/h5-10,13H2,1-4H3. The van der Waals surface area contributed by atoms with Gasteiger partial charge in [-0.2, -0.15) is 0 Å². The van der Waals surface area contributed by atoms with Gasteiger partial charge >= 0.3 is 0 Å². The Morgan fingerprint density at radius 2 is 2.00 bits per heavy atom. The van der Waals surface area contributed by atoms with Crippen LogP contribution in [-0.4, -0.2) is 42.6 Å². The van der Waals surface area contributed by atoms with Crippen LogP contribution in [0.1, 0.15) is 40.5 Å². The molecule has 0 aromatic carbocycles. The summed E-state index contributed by atoms with van der Waals surface area (Å²) in [5, 5.41) is 0. The molecule has 0 heterocycles. The Balaban J connectivity index is 4.28. The molecule has 0 rings (SSSR count). The lowest BCUT2D eigenvalue weighted by Crippen LogP contribution is -2.53. The zero-order valence-corrected chi connectivity index (χ0v) is 11.1. The first-order valence-electron chi connectivity index (χ1n) is 6.15. The van der Waals surface area contributed by atoms with Crippen molar-refractivity contribution in [1.82, 2.24) is 4.90 Å². The topological polar surface area (TPSA) is 55.6 Å². The zero-order chi connectivity index (χ0) is 12.6. The van der Waals surface area contributed by atoms with Gasteiger partial charge < -0.3 is 15.4 Å². The van der Waals surface area contributed by atoms with E-state index in [9.17, 15) is 4.79 Å². The van der Waals surface area contributed by atoms with Gasteiger partial charge in [-0.25, -0.2) is 0 Å². The fourth-order valence-electron chi connectivity index (χ4n) is 1.71. The van der Waals surface area contributed by atoms with Gasteiger partial charge in [0.2, 0.25) is 5.91 Å². The average Bonchev–Trinajstić information content (AvgIpc) is 2.23. The van der Waals surface area contributed by atoms with Crippen LogP contribution in [0.2, 0.25) is 0 Å². The minimum atomic E-state index is -0.739. The summed E-state index contributed by atoms with van der Waals surface area (Å²) in [6.07, 6.45) is 1.64. The summed E-state index contributed by atoms with van der Waals surface area (Å²) in [6.45, 7) is 10.3. The summed E-state index contributed by atoms with van der Waals surface area (Å²) in [5.41, 5.74) is 5.28. The van der Waals surface area contributed by atoms with Crippen molar-refractivity contribution in [3.63, 3.8) is 0 Å². The number of hydrogen-bond donors (Lipinski definition) is 1. The van der Waals surface area contributed by atoms with Gasteiger partial charge in [0.15, 0.2) is 0 Å². The minimum Gasteiger partial charge on any atom is -0.380 e. The molecule has 4 nitrogen and oxygen atoms in total. The number of hydrogen-bond acceptors (Lipinski definition) is 3. The van der Waals surface area contributed by atoms with Gasteiger partial charge in [0.1, 0.15) is 0 Å². The van der Waals surface area contributed by atoms with Gasteiger partial charge in [0.05, 0.1) is 12.1 Å². The van der Waals surface area contributed by atoms with Crippen molar-refractivity contribution in [3.05, 3.63) is 0 Å². The Kier molecular flexibility index (Phi) is 7.34. The fourth-order valence-corrected chi connectivity index (χ4v) is 1.71. The van der Waals surface area contributed by atoms with E-state index in [-0.39, 0.29) is 5.91 Å². The third-order valence-corrected chi connectivity index (χ3v) is 2.64. The Bertz CT molecular complexity index is 205. The van der Waals surface area contributed by atoms with Gasteiger partial charge in [-0.3, -0.25) is 4.79 Å². The molecule has 2 N–H and O–H groups in total. The summed E-state index contributed by atoms with van der Waals surface area (Å²) in [7, 11) is 0. The van der Waals surface area contributed by atoms with E-state index >= 15 is 0 Å². The van der Waals surface area contributed by atoms with Crippen molar-refractivity contribution >= 4 is 5.91 Å². The van der Waals surface area contributed by atoms with Crippen LogP contribution in [0.3, 0.4) is 0 Å². The maximum absolute atomic E-state index is 12.1. The zero-order valence-electron chi connectivity index (χ0n) is 11.1. The summed E-state index contributed by atoms with van der Waals surface area (Å²) < 4.78 is 5.25. The van der Waals surface area contributed by atoms with E-state index in [1.807, 2.05) is 27.7 Å².